The van der Waals surface area contributed by atoms with E-state index in [4.69, 9.17) is 0 Å². The molecule has 0 aromatic heterocycles. The predicted octanol–water partition coefficient (Wildman–Crippen LogP) is 5.29. The summed E-state index contributed by atoms with van der Waals surface area (Å²) < 4.78 is 0. The molecule has 0 spiro atoms. The Balaban J connectivity index is 1.24. The lowest BCUT2D eigenvalue weighted by Crippen LogP contribution is -2.57. The lowest BCUT2D eigenvalue weighted by atomic mass is 9.77. The van der Waals surface area contributed by atoms with Crippen molar-refractivity contribution in [2.75, 3.05) is 26.2 Å². The molecule has 3 atom stereocenters. The second kappa shape index (κ2) is 9.48. The molecule has 2 fully saturated rings. The van der Waals surface area contributed by atoms with Gasteiger partial charge in [-0.15, -0.1) is 0 Å². The Labute approximate surface area is 192 Å². The molecule has 166 valence electrons. The van der Waals surface area contributed by atoms with E-state index in [-0.39, 0.29) is 0 Å². The van der Waals surface area contributed by atoms with Crippen molar-refractivity contribution >= 4 is 0 Å². The summed E-state index contributed by atoms with van der Waals surface area (Å²) in [5.74, 6) is 1.53. The number of aromatic hydroxyl groups is 1. The molecule has 0 radical (unpaired) electrons. The van der Waals surface area contributed by atoms with Gasteiger partial charge in [0.05, 0.1) is 0 Å². The van der Waals surface area contributed by atoms with Crippen LogP contribution in [0.15, 0.2) is 78.9 Å². The molecular weight excluding hydrogens is 392 g/mol. The Kier molecular flexibility index (Phi) is 6.29. The highest BCUT2D eigenvalue weighted by Crippen LogP contribution is 2.38. The van der Waals surface area contributed by atoms with Gasteiger partial charge in [-0.05, 0) is 59.1 Å². The molecular formula is C29H34N2O. The highest BCUT2D eigenvalue weighted by molar-refractivity contribution is 5.31. The van der Waals surface area contributed by atoms with Crippen LogP contribution in [0.4, 0.5) is 0 Å². The number of benzene rings is 3. The minimum atomic E-state index is 0.387. The highest BCUT2D eigenvalue weighted by atomic mass is 16.3. The van der Waals surface area contributed by atoms with Gasteiger partial charge in [0.25, 0.3) is 0 Å². The van der Waals surface area contributed by atoms with Crippen molar-refractivity contribution in [2.24, 2.45) is 5.92 Å². The quantitative estimate of drug-likeness (QED) is 0.600. The zero-order valence-corrected chi connectivity index (χ0v) is 19.0. The Morgan fingerprint density at radius 2 is 1.59 bits per heavy atom. The van der Waals surface area contributed by atoms with E-state index >= 15 is 0 Å². The molecule has 2 aliphatic heterocycles. The number of hydrogen-bond donors (Lipinski definition) is 1. The fourth-order valence-electron chi connectivity index (χ4n) is 5.74. The van der Waals surface area contributed by atoms with Gasteiger partial charge in [-0.2, -0.15) is 0 Å². The number of hydrogen-bond acceptors (Lipinski definition) is 3. The van der Waals surface area contributed by atoms with E-state index < -0.39 is 0 Å². The highest BCUT2D eigenvalue weighted by Gasteiger charge is 2.37. The van der Waals surface area contributed by atoms with Gasteiger partial charge < -0.3 is 5.11 Å². The Morgan fingerprint density at radius 1 is 0.812 bits per heavy atom. The van der Waals surface area contributed by atoms with Gasteiger partial charge in [0, 0.05) is 38.8 Å². The first-order valence-corrected chi connectivity index (χ1v) is 12.0. The fourth-order valence-corrected chi connectivity index (χ4v) is 5.74. The van der Waals surface area contributed by atoms with Crippen LogP contribution in [0.1, 0.15) is 41.5 Å². The first-order valence-electron chi connectivity index (χ1n) is 12.0. The van der Waals surface area contributed by atoms with Crippen LogP contribution in [0.2, 0.25) is 0 Å². The first kappa shape index (κ1) is 21.2. The second-order valence-electron chi connectivity index (χ2n) is 9.78. The van der Waals surface area contributed by atoms with Gasteiger partial charge in [0.2, 0.25) is 0 Å². The largest absolute Gasteiger partial charge is 0.508 e. The van der Waals surface area contributed by atoms with Gasteiger partial charge in [-0.1, -0.05) is 73.7 Å². The van der Waals surface area contributed by atoms with Crippen molar-refractivity contribution in [3.05, 3.63) is 101 Å². The summed E-state index contributed by atoms with van der Waals surface area (Å²) in [6.07, 6.45) is 2.17. The van der Waals surface area contributed by atoms with Crippen molar-refractivity contribution in [2.45, 2.75) is 38.3 Å². The Morgan fingerprint density at radius 3 is 2.44 bits per heavy atom. The van der Waals surface area contributed by atoms with Crippen LogP contribution in [-0.2, 0) is 13.0 Å². The SMILES string of the molecule is C[C@H]1CN2CCN(Cc3cccc(Cc4ccccc4)c3)C[C@H]2C[C@H]1c1cccc(O)c1. The maximum absolute atomic E-state index is 9.97. The predicted molar refractivity (Wildman–Crippen MR) is 131 cm³/mol. The maximum atomic E-state index is 9.97. The minimum absolute atomic E-state index is 0.387. The molecule has 2 saturated heterocycles. The summed E-state index contributed by atoms with van der Waals surface area (Å²) in [6, 6.07) is 28.4. The molecule has 0 amide bonds. The normalized spacial score (nSPS) is 24.2. The van der Waals surface area contributed by atoms with Crippen LogP contribution in [0.5, 0.6) is 5.75 Å². The number of phenolic OH excluding ortho intramolecular Hbond substituents is 1. The van der Waals surface area contributed by atoms with E-state index in [2.05, 4.69) is 77.4 Å². The van der Waals surface area contributed by atoms with Crippen molar-refractivity contribution in [1.29, 1.82) is 0 Å². The Bertz CT molecular complexity index is 1030. The molecule has 5 rings (SSSR count). The van der Waals surface area contributed by atoms with Gasteiger partial charge in [-0.3, -0.25) is 9.80 Å². The van der Waals surface area contributed by atoms with Gasteiger partial charge in [0.1, 0.15) is 5.75 Å². The molecule has 3 nitrogen and oxygen atoms in total. The standard InChI is InChI=1S/C29H34N2O/c1-22-19-31-14-13-30(21-27(31)18-29(22)26-11-6-12-28(32)17-26)20-25-10-5-9-24(16-25)15-23-7-3-2-4-8-23/h2-12,16-17,22,27,29,32H,13-15,18-21H2,1H3/t22-,27+,29+/m0/s1. The lowest BCUT2D eigenvalue weighted by Gasteiger charge is -2.48. The van der Waals surface area contributed by atoms with Crippen molar-refractivity contribution < 1.29 is 5.11 Å². The number of nitrogens with zero attached hydrogens (tertiary/aromatic N) is 2. The molecule has 3 heteroatoms. The molecule has 3 aromatic carbocycles. The molecule has 2 aliphatic rings. The molecule has 0 bridgehead atoms. The van der Waals surface area contributed by atoms with Crippen LogP contribution < -0.4 is 0 Å². The van der Waals surface area contributed by atoms with Crippen molar-refractivity contribution in [1.82, 2.24) is 9.80 Å². The fraction of sp³-hybridized carbons (Fsp3) is 0.379. The minimum Gasteiger partial charge on any atom is -0.508 e. The molecule has 32 heavy (non-hydrogen) atoms. The zero-order chi connectivity index (χ0) is 21.9. The van der Waals surface area contributed by atoms with Crippen LogP contribution in [0, 0.1) is 5.92 Å². The van der Waals surface area contributed by atoms with Crippen LogP contribution in [0.25, 0.3) is 0 Å². The summed E-state index contributed by atoms with van der Waals surface area (Å²) in [5, 5.41) is 9.97. The number of piperazine rings is 1. The third kappa shape index (κ3) is 4.90. The van der Waals surface area contributed by atoms with Crippen molar-refractivity contribution in [3.8, 4) is 5.75 Å². The van der Waals surface area contributed by atoms with Gasteiger partial charge in [-0.25, -0.2) is 0 Å². The molecule has 1 N–H and O–H groups in total. The van der Waals surface area contributed by atoms with Gasteiger partial charge >= 0.3 is 0 Å². The van der Waals surface area contributed by atoms with Crippen molar-refractivity contribution in [3.63, 3.8) is 0 Å². The third-order valence-electron chi connectivity index (χ3n) is 7.37. The number of rotatable bonds is 5. The number of fused-ring (bicyclic) bond motifs is 1. The Hall–Kier alpha value is -2.62. The molecule has 3 aromatic rings. The lowest BCUT2D eigenvalue weighted by molar-refractivity contribution is 0.0190. The molecule has 0 unspecified atom stereocenters. The summed E-state index contributed by atoms with van der Waals surface area (Å²) in [4.78, 5) is 5.34. The maximum Gasteiger partial charge on any atom is 0.115 e. The zero-order valence-electron chi connectivity index (χ0n) is 19.0. The summed E-state index contributed by atoms with van der Waals surface area (Å²) in [7, 11) is 0. The smallest absolute Gasteiger partial charge is 0.115 e. The van der Waals surface area contributed by atoms with E-state index in [1.165, 1.54) is 28.7 Å². The van der Waals surface area contributed by atoms with Gasteiger partial charge in [0.15, 0.2) is 0 Å². The van der Waals surface area contributed by atoms with E-state index in [1.54, 1.807) is 6.07 Å². The summed E-state index contributed by atoms with van der Waals surface area (Å²) >= 11 is 0. The molecule has 0 aliphatic carbocycles. The third-order valence-corrected chi connectivity index (χ3v) is 7.37. The summed E-state index contributed by atoms with van der Waals surface area (Å²) in [5.41, 5.74) is 5.47. The average molecular weight is 427 g/mol. The second-order valence-corrected chi connectivity index (χ2v) is 9.78. The molecule has 2 heterocycles. The topological polar surface area (TPSA) is 26.7 Å². The van der Waals surface area contributed by atoms with E-state index in [0.29, 0.717) is 23.6 Å². The summed E-state index contributed by atoms with van der Waals surface area (Å²) in [6.45, 7) is 7.99. The number of piperidine rings is 1. The van der Waals surface area contributed by atoms with E-state index in [0.717, 1.165) is 39.1 Å². The monoisotopic (exact) mass is 426 g/mol. The van der Waals surface area contributed by atoms with Crippen LogP contribution in [0.3, 0.4) is 0 Å². The number of phenols is 1. The van der Waals surface area contributed by atoms with E-state index in [1.807, 2.05) is 12.1 Å². The average Bonchev–Trinajstić information content (AvgIpc) is 2.80. The first-order chi connectivity index (χ1) is 15.6. The van der Waals surface area contributed by atoms with E-state index in [9.17, 15) is 5.11 Å². The molecule has 0 saturated carbocycles. The van der Waals surface area contributed by atoms with Crippen LogP contribution in [-0.4, -0.2) is 47.1 Å². The van der Waals surface area contributed by atoms with Crippen LogP contribution >= 0.6 is 0 Å².